The Morgan fingerprint density at radius 1 is 1.19 bits per heavy atom. The van der Waals surface area contributed by atoms with Crippen molar-refractivity contribution in [3.05, 3.63) is 69.5 Å². The number of nitriles is 1. The Hall–Kier alpha value is -2.11. The molecule has 0 spiro atoms. The molecule has 26 heavy (non-hydrogen) atoms. The molecular weight excluding hydrogens is 345 g/mol. The number of rotatable bonds is 4. The third kappa shape index (κ3) is 3.41. The van der Waals surface area contributed by atoms with Crippen LogP contribution in [0, 0.1) is 35.9 Å². The lowest BCUT2D eigenvalue weighted by Gasteiger charge is -2.15. The maximum atomic E-state index is 14.0. The van der Waals surface area contributed by atoms with Crippen LogP contribution in [0.2, 0.25) is 5.02 Å². The summed E-state index contributed by atoms with van der Waals surface area (Å²) >= 11 is 6.69. The fourth-order valence-electron chi connectivity index (χ4n) is 4.10. The highest BCUT2D eigenvalue weighted by molar-refractivity contribution is 6.34. The Balaban J connectivity index is 1.59. The van der Waals surface area contributed by atoms with Gasteiger partial charge in [0.2, 0.25) is 0 Å². The van der Waals surface area contributed by atoms with Crippen molar-refractivity contribution >= 4 is 11.6 Å². The first-order chi connectivity index (χ1) is 12.5. The van der Waals surface area contributed by atoms with Gasteiger partial charge in [0, 0.05) is 5.56 Å². The highest BCUT2D eigenvalue weighted by Gasteiger charge is 2.38. The van der Waals surface area contributed by atoms with Crippen LogP contribution in [0.15, 0.2) is 42.0 Å². The number of nitrogens with zero attached hydrogens (tertiary/aromatic N) is 1. The first-order valence-electron chi connectivity index (χ1n) is 9.22. The topological polar surface area (TPSA) is 23.8 Å². The van der Waals surface area contributed by atoms with Crippen LogP contribution in [-0.2, 0) is 6.42 Å². The number of hydrogen-bond donors (Lipinski definition) is 0. The molecule has 0 radical (unpaired) electrons. The highest BCUT2D eigenvalue weighted by Crippen LogP contribution is 2.49. The van der Waals surface area contributed by atoms with E-state index in [1.54, 1.807) is 11.6 Å². The minimum Gasteiger partial charge on any atom is -0.206 e. The minimum absolute atomic E-state index is 0.0559. The van der Waals surface area contributed by atoms with Crippen LogP contribution in [-0.4, -0.2) is 0 Å². The largest absolute Gasteiger partial charge is 0.206 e. The van der Waals surface area contributed by atoms with Crippen LogP contribution >= 0.6 is 11.6 Å². The molecule has 132 valence electrons. The molecule has 0 aromatic heterocycles. The van der Waals surface area contributed by atoms with E-state index in [0.29, 0.717) is 10.6 Å². The summed E-state index contributed by atoms with van der Waals surface area (Å²) in [4.78, 5) is 0. The van der Waals surface area contributed by atoms with E-state index in [2.05, 4.69) is 12.1 Å². The molecule has 2 aromatic rings. The van der Waals surface area contributed by atoms with Gasteiger partial charge in [0.25, 0.3) is 0 Å². The van der Waals surface area contributed by atoms with Gasteiger partial charge in [0.15, 0.2) is 0 Å². The van der Waals surface area contributed by atoms with Gasteiger partial charge in [0.05, 0.1) is 10.6 Å². The van der Waals surface area contributed by atoms with E-state index >= 15 is 0 Å². The van der Waals surface area contributed by atoms with Crippen LogP contribution in [0.4, 0.5) is 4.39 Å². The minimum atomic E-state index is -0.504. The maximum absolute atomic E-state index is 14.0. The van der Waals surface area contributed by atoms with Gasteiger partial charge in [-0.3, -0.25) is 0 Å². The fourth-order valence-corrected chi connectivity index (χ4v) is 4.41. The van der Waals surface area contributed by atoms with E-state index in [0.717, 1.165) is 41.4 Å². The predicted molar refractivity (Wildman–Crippen MR) is 104 cm³/mol. The zero-order chi connectivity index (χ0) is 18.3. The summed E-state index contributed by atoms with van der Waals surface area (Å²) in [6.07, 6.45) is 8.29. The lowest BCUT2D eigenvalue weighted by molar-refractivity contribution is 0.624. The Labute approximate surface area is 159 Å². The van der Waals surface area contributed by atoms with Crippen molar-refractivity contribution in [1.82, 2.24) is 0 Å². The van der Waals surface area contributed by atoms with E-state index < -0.39 is 5.82 Å². The van der Waals surface area contributed by atoms with Gasteiger partial charge in [0.1, 0.15) is 11.9 Å². The molecule has 2 atom stereocenters. The van der Waals surface area contributed by atoms with Crippen LogP contribution in [0.1, 0.15) is 42.4 Å². The standard InChI is InChI=1S/C23H21ClFN/c1-14-8-18(5-3-15-2-4-16-11-20(16)10-15)23(24)21(9-14)17-6-7-19(13-26)22(25)12-17/h2,6-9,12,16,20H,3-5,10-11H2,1H3/t16-,20+/m0/s1. The van der Waals surface area contributed by atoms with Crippen molar-refractivity contribution in [3.8, 4) is 17.2 Å². The van der Waals surface area contributed by atoms with E-state index in [-0.39, 0.29) is 5.56 Å². The number of fused-ring (bicyclic) bond motifs is 1. The summed E-state index contributed by atoms with van der Waals surface area (Å²) in [5.41, 5.74) is 5.40. The smallest absolute Gasteiger partial charge is 0.141 e. The van der Waals surface area contributed by atoms with Crippen molar-refractivity contribution in [2.45, 2.75) is 39.0 Å². The number of halogens is 2. The predicted octanol–water partition coefficient (Wildman–Crippen LogP) is 6.62. The van der Waals surface area contributed by atoms with Crippen LogP contribution < -0.4 is 0 Å². The van der Waals surface area contributed by atoms with Crippen LogP contribution in [0.3, 0.4) is 0 Å². The Morgan fingerprint density at radius 2 is 2.04 bits per heavy atom. The molecule has 4 rings (SSSR count). The Kier molecular flexibility index (Phi) is 4.59. The zero-order valence-corrected chi connectivity index (χ0v) is 15.6. The van der Waals surface area contributed by atoms with Gasteiger partial charge in [-0.15, -0.1) is 0 Å². The summed E-state index contributed by atoms with van der Waals surface area (Å²) in [6, 6.07) is 10.7. The second-order valence-corrected chi connectivity index (χ2v) is 8.03. The first kappa shape index (κ1) is 17.3. The first-order valence-corrected chi connectivity index (χ1v) is 9.60. The number of hydrogen-bond acceptors (Lipinski definition) is 1. The average molecular weight is 366 g/mol. The summed E-state index contributed by atoms with van der Waals surface area (Å²) in [7, 11) is 0. The number of allylic oxidation sites excluding steroid dienone is 2. The molecule has 2 aliphatic carbocycles. The zero-order valence-electron chi connectivity index (χ0n) is 14.9. The molecule has 0 aliphatic heterocycles. The molecule has 1 saturated carbocycles. The number of aryl methyl sites for hydroxylation is 2. The molecule has 1 nitrogen and oxygen atoms in total. The molecular formula is C23H21ClFN. The fraction of sp³-hybridized carbons (Fsp3) is 0.348. The Morgan fingerprint density at radius 3 is 2.77 bits per heavy atom. The van der Waals surface area contributed by atoms with E-state index in [9.17, 15) is 4.39 Å². The van der Waals surface area contributed by atoms with E-state index in [4.69, 9.17) is 16.9 Å². The molecule has 0 bridgehead atoms. The van der Waals surface area contributed by atoms with Crippen molar-refractivity contribution in [3.63, 3.8) is 0 Å². The molecule has 0 N–H and O–H groups in total. The highest BCUT2D eigenvalue weighted by atomic mass is 35.5. The van der Waals surface area contributed by atoms with Crippen LogP contribution in [0.5, 0.6) is 0 Å². The van der Waals surface area contributed by atoms with Gasteiger partial charge in [-0.1, -0.05) is 40.9 Å². The van der Waals surface area contributed by atoms with Crippen LogP contribution in [0.25, 0.3) is 11.1 Å². The second-order valence-electron chi connectivity index (χ2n) is 7.65. The van der Waals surface area contributed by atoms with Gasteiger partial charge in [-0.2, -0.15) is 5.26 Å². The number of benzene rings is 2. The summed E-state index contributed by atoms with van der Waals surface area (Å²) < 4.78 is 14.0. The molecule has 0 heterocycles. The summed E-state index contributed by atoms with van der Waals surface area (Å²) in [5, 5.41) is 9.61. The molecule has 3 heteroatoms. The quantitative estimate of drug-likeness (QED) is 0.559. The Bertz CT molecular complexity index is 938. The molecule has 2 aliphatic rings. The third-order valence-corrected chi connectivity index (χ3v) is 6.16. The lowest BCUT2D eigenvalue weighted by atomic mass is 9.92. The molecule has 0 unspecified atom stereocenters. The van der Waals surface area contributed by atoms with E-state index in [1.807, 2.05) is 19.1 Å². The normalized spacial score (nSPS) is 20.9. The third-order valence-electron chi connectivity index (χ3n) is 5.71. The average Bonchev–Trinajstić information content (AvgIpc) is 3.40. The summed E-state index contributed by atoms with van der Waals surface area (Å²) in [5.74, 6) is 1.38. The summed E-state index contributed by atoms with van der Waals surface area (Å²) in [6.45, 7) is 2.04. The van der Waals surface area contributed by atoms with E-state index in [1.165, 1.54) is 31.4 Å². The van der Waals surface area contributed by atoms with Gasteiger partial charge < -0.3 is 0 Å². The SMILES string of the molecule is Cc1cc(CCC2=CC[C@H]3C[C@H]3C2)c(Cl)c(-c2ccc(C#N)c(F)c2)c1. The van der Waals surface area contributed by atoms with Gasteiger partial charge >= 0.3 is 0 Å². The molecule has 0 saturated heterocycles. The molecule has 1 fully saturated rings. The van der Waals surface area contributed by atoms with Crippen molar-refractivity contribution < 1.29 is 4.39 Å². The lowest BCUT2D eigenvalue weighted by Crippen LogP contribution is -1.99. The van der Waals surface area contributed by atoms with Crippen molar-refractivity contribution in [2.75, 3.05) is 0 Å². The molecule has 0 amide bonds. The van der Waals surface area contributed by atoms with Crippen molar-refractivity contribution in [1.29, 1.82) is 5.26 Å². The maximum Gasteiger partial charge on any atom is 0.141 e. The van der Waals surface area contributed by atoms with Gasteiger partial charge in [-0.25, -0.2) is 4.39 Å². The monoisotopic (exact) mass is 365 g/mol. The second kappa shape index (κ2) is 6.89. The van der Waals surface area contributed by atoms with Crippen molar-refractivity contribution in [2.24, 2.45) is 11.8 Å². The molecule has 2 aromatic carbocycles. The van der Waals surface area contributed by atoms with Gasteiger partial charge in [-0.05, 0) is 80.2 Å².